The normalized spacial score (nSPS) is 10.6. The Morgan fingerprint density at radius 3 is 2.51 bits per heavy atom. The number of nitrogens with one attached hydrogen (secondary N) is 2. The lowest BCUT2D eigenvalue weighted by Crippen LogP contribution is -2.15. The first-order valence-corrected chi connectivity index (χ1v) is 11.6. The number of hydrogen-bond acceptors (Lipinski definition) is 9. The number of carbonyl (C=O) groups is 1. The van der Waals surface area contributed by atoms with Crippen molar-refractivity contribution in [2.24, 2.45) is 0 Å². The Morgan fingerprint density at radius 1 is 1.03 bits per heavy atom. The molecular weight excluding hydrogens is 472 g/mol. The summed E-state index contributed by atoms with van der Waals surface area (Å²) in [7, 11) is 4.91. The van der Waals surface area contributed by atoms with Gasteiger partial charge >= 0.3 is 0 Å². The minimum Gasteiger partial charge on any atom is -0.497 e. The zero-order valence-corrected chi connectivity index (χ0v) is 21.7. The van der Waals surface area contributed by atoms with Gasteiger partial charge in [-0.3, -0.25) is 4.79 Å². The van der Waals surface area contributed by atoms with E-state index in [9.17, 15) is 4.79 Å². The SMILES string of the molecule is CNc1nc(Nc2ccc(-n3cnc(C)c3)c(OC)c2)ncc1OCC(=O)c1cc(OC)cc(C)c1C. The summed E-state index contributed by atoms with van der Waals surface area (Å²) in [4.78, 5) is 26.0. The number of benzene rings is 2. The van der Waals surface area contributed by atoms with Crippen LogP contribution < -0.4 is 24.8 Å². The summed E-state index contributed by atoms with van der Waals surface area (Å²) >= 11 is 0. The molecule has 0 radical (unpaired) electrons. The second kappa shape index (κ2) is 11.0. The van der Waals surface area contributed by atoms with E-state index >= 15 is 0 Å². The highest BCUT2D eigenvalue weighted by Crippen LogP contribution is 2.29. The molecule has 0 saturated carbocycles. The quantitative estimate of drug-likeness (QED) is 0.299. The molecule has 0 aliphatic rings. The van der Waals surface area contributed by atoms with Crippen molar-refractivity contribution in [3.8, 4) is 22.9 Å². The molecule has 2 N–H and O–H groups in total. The Morgan fingerprint density at radius 2 is 1.84 bits per heavy atom. The highest BCUT2D eigenvalue weighted by atomic mass is 16.5. The van der Waals surface area contributed by atoms with Gasteiger partial charge in [-0.05, 0) is 56.2 Å². The largest absolute Gasteiger partial charge is 0.497 e. The third kappa shape index (κ3) is 5.64. The van der Waals surface area contributed by atoms with Crippen molar-refractivity contribution in [2.75, 3.05) is 38.5 Å². The molecule has 0 spiro atoms. The molecular formula is C27H30N6O4. The van der Waals surface area contributed by atoms with Crippen LogP contribution in [0.4, 0.5) is 17.5 Å². The summed E-state index contributed by atoms with van der Waals surface area (Å²) < 4.78 is 18.6. The molecule has 0 atom stereocenters. The number of rotatable bonds is 10. The standard InChI is InChI=1S/C27H30N6O4/c1-16-9-20(35-5)11-21(18(16)3)23(34)14-37-25-12-29-27(32-26(25)28-4)31-19-7-8-22(24(10-19)36-6)33-13-17(2)30-15-33/h7-13,15H,14H2,1-6H3,(H2,28,29,31,32). The van der Waals surface area contributed by atoms with Crippen LogP contribution in [0.3, 0.4) is 0 Å². The van der Waals surface area contributed by atoms with E-state index in [1.165, 1.54) is 6.20 Å². The van der Waals surface area contributed by atoms with Gasteiger partial charge < -0.3 is 29.4 Å². The van der Waals surface area contributed by atoms with Crippen LogP contribution in [0.25, 0.3) is 5.69 Å². The van der Waals surface area contributed by atoms with Crippen LogP contribution in [-0.4, -0.2) is 53.2 Å². The van der Waals surface area contributed by atoms with Gasteiger partial charge in [0, 0.05) is 30.6 Å². The molecule has 0 aliphatic carbocycles. The fourth-order valence-corrected chi connectivity index (χ4v) is 3.82. The van der Waals surface area contributed by atoms with E-state index in [1.807, 2.05) is 55.8 Å². The smallest absolute Gasteiger partial charge is 0.229 e. The van der Waals surface area contributed by atoms with Crippen LogP contribution in [0.1, 0.15) is 27.2 Å². The lowest BCUT2D eigenvalue weighted by atomic mass is 10.00. The van der Waals surface area contributed by atoms with Gasteiger partial charge in [0.15, 0.2) is 18.2 Å². The summed E-state index contributed by atoms with van der Waals surface area (Å²) in [6.45, 7) is 5.61. The molecule has 10 nitrogen and oxygen atoms in total. The zero-order valence-electron chi connectivity index (χ0n) is 21.7. The molecule has 0 fully saturated rings. The Balaban J connectivity index is 1.49. The van der Waals surface area contributed by atoms with Crippen LogP contribution in [-0.2, 0) is 0 Å². The number of aryl methyl sites for hydroxylation is 2. The van der Waals surface area contributed by atoms with E-state index in [1.54, 1.807) is 33.7 Å². The van der Waals surface area contributed by atoms with Gasteiger partial charge in [0.2, 0.25) is 11.7 Å². The molecule has 4 rings (SSSR count). The molecule has 2 aromatic carbocycles. The zero-order chi connectivity index (χ0) is 26.5. The van der Waals surface area contributed by atoms with Gasteiger partial charge in [0.05, 0.1) is 38.1 Å². The van der Waals surface area contributed by atoms with Crippen molar-refractivity contribution < 1.29 is 19.0 Å². The maximum Gasteiger partial charge on any atom is 0.229 e. The molecule has 2 aromatic heterocycles. The van der Waals surface area contributed by atoms with Crippen LogP contribution in [0.2, 0.25) is 0 Å². The van der Waals surface area contributed by atoms with Gasteiger partial charge in [-0.25, -0.2) is 9.97 Å². The second-order valence-electron chi connectivity index (χ2n) is 8.42. The fourth-order valence-electron chi connectivity index (χ4n) is 3.82. The summed E-state index contributed by atoms with van der Waals surface area (Å²) in [5.74, 6) is 2.30. The number of carbonyl (C=O) groups excluding carboxylic acids is 1. The van der Waals surface area contributed by atoms with E-state index in [0.717, 1.165) is 28.2 Å². The van der Waals surface area contributed by atoms with Crippen molar-refractivity contribution in [3.05, 3.63) is 71.4 Å². The molecule has 0 unspecified atom stereocenters. The number of hydrogen-bond donors (Lipinski definition) is 2. The van der Waals surface area contributed by atoms with Crippen LogP contribution in [0.5, 0.6) is 17.2 Å². The molecule has 0 saturated heterocycles. The Kier molecular flexibility index (Phi) is 7.57. The maximum absolute atomic E-state index is 12.9. The minimum absolute atomic E-state index is 0.162. The third-order valence-electron chi connectivity index (χ3n) is 5.95. The molecule has 2 heterocycles. The Labute approximate surface area is 215 Å². The number of ether oxygens (including phenoxy) is 3. The number of imidazole rings is 1. The lowest BCUT2D eigenvalue weighted by Gasteiger charge is -2.14. The fraction of sp³-hybridized carbons (Fsp3) is 0.259. The predicted molar refractivity (Wildman–Crippen MR) is 142 cm³/mol. The number of aromatic nitrogens is 4. The number of ketones is 1. The van der Waals surface area contributed by atoms with Crippen LogP contribution in [0.15, 0.2) is 49.1 Å². The van der Waals surface area contributed by atoms with E-state index < -0.39 is 0 Å². The van der Waals surface area contributed by atoms with Crippen molar-refractivity contribution >= 4 is 23.2 Å². The van der Waals surface area contributed by atoms with Gasteiger partial charge in [-0.2, -0.15) is 4.98 Å². The van der Waals surface area contributed by atoms with Crippen molar-refractivity contribution in [3.63, 3.8) is 0 Å². The Bertz CT molecular complexity index is 1430. The average Bonchev–Trinajstić information content (AvgIpc) is 3.34. The number of anilines is 3. The van der Waals surface area contributed by atoms with Crippen LogP contribution in [0, 0.1) is 20.8 Å². The first kappa shape index (κ1) is 25.5. The van der Waals surface area contributed by atoms with Gasteiger partial charge in [0.1, 0.15) is 11.5 Å². The van der Waals surface area contributed by atoms with Crippen LogP contribution >= 0.6 is 0 Å². The third-order valence-corrected chi connectivity index (χ3v) is 5.95. The second-order valence-corrected chi connectivity index (χ2v) is 8.42. The van der Waals surface area contributed by atoms with Gasteiger partial charge in [-0.1, -0.05) is 0 Å². The predicted octanol–water partition coefficient (Wildman–Crippen LogP) is 4.65. The lowest BCUT2D eigenvalue weighted by molar-refractivity contribution is 0.0920. The molecule has 192 valence electrons. The molecule has 10 heteroatoms. The van der Waals surface area contributed by atoms with Crippen molar-refractivity contribution in [1.82, 2.24) is 19.5 Å². The topological polar surface area (TPSA) is 112 Å². The first-order chi connectivity index (χ1) is 17.8. The van der Waals surface area contributed by atoms with Gasteiger partial charge in [0.25, 0.3) is 0 Å². The van der Waals surface area contributed by atoms with E-state index in [-0.39, 0.29) is 12.4 Å². The molecule has 0 amide bonds. The van der Waals surface area contributed by atoms with Crippen molar-refractivity contribution in [2.45, 2.75) is 20.8 Å². The monoisotopic (exact) mass is 502 g/mol. The summed E-state index contributed by atoms with van der Waals surface area (Å²) in [5, 5.41) is 6.18. The van der Waals surface area contributed by atoms with Crippen molar-refractivity contribution in [1.29, 1.82) is 0 Å². The number of Topliss-reactive ketones (excluding diaryl/α,β-unsaturated/α-hetero) is 1. The summed E-state index contributed by atoms with van der Waals surface area (Å²) in [6.07, 6.45) is 5.19. The number of methoxy groups -OCH3 is 2. The van der Waals surface area contributed by atoms with E-state index in [2.05, 4.69) is 25.6 Å². The minimum atomic E-state index is -0.163. The summed E-state index contributed by atoms with van der Waals surface area (Å²) in [6, 6.07) is 9.30. The average molecular weight is 503 g/mol. The highest BCUT2D eigenvalue weighted by molar-refractivity contribution is 5.99. The van der Waals surface area contributed by atoms with E-state index in [0.29, 0.717) is 34.6 Å². The summed E-state index contributed by atoms with van der Waals surface area (Å²) in [5.41, 5.74) is 4.94. The maximum atomic E-state index is 12.9. The first-order valence-electron chi connectivity index (χ1n) is 11.6. The van der Waals surface area contributed by atoms with Gasteiger partial charge in [-0.15, -0.1) is 0 Å². The highest BCUT2D eigenvalue weighted by Gasteiger charge is 2.16. The van der Waals surface area contributed by atoms with E-state index in [4.69, 9.17) is 14.2 Å². The Hall–Kier alpha value is -4.60. The molecule has 4 aromatic rings. The number of nitrogens with zero attached hydrogens (tertiary/aromatic N) is 4. The molecule has 0 aliphatic heterocycles. The molecule has 0 bridgehead atoms. The molecule has 37 heavy (non-hydrogen) atoms.